The second kappa shape index (κ2) is 7.09. The molecular formula is C11H20O2S3. The Morgan fingerprint density at radius 2 is 2.19 bits per heavy atom. The first-order chi connectivity index (χ1) is 7.66. The average Bonchev–Trinajstić information content (AvgIpc) is 2.35. The van der Waals surface area contributed by atoms with Crippen LogP contribution in [0.2, 0.25) is 0 Å². The van der Waals surface area contributed by atoms with Crippen LogP contribution in [0.3, 0.4) is 0 Å². The number of hydrogen-bond acceptors (Lipinski definition) is 5. The van der Waals surface area contributed by atoms with Crippen LogP contribution in [-0.2, 0) is 4.74 Å². The third kappa shape index (κ3) is 3.52. The highest BCUT2D eigenvalue weighted by atomic mass is 32.3. The van der Waals surface area contributed by atoms with Crippen LogP contribution in [0, 0.1) is 0 Å². The molecular weight excluding hydrogens is 260 g/mol. The van der Waals surface area contributed by atoms with E-state index in [9.17, 15) is 5.11 Å². The molecule has 1 N–H and O–H groups in total. The molecule has 0 spiro atoms. The molecule has 1 rings (SSSR count). The van der Waals surface area contributed by atoms with Gasteiger partial charge in [0, 0.05) is 0 Å². The first-order valence-electron chi connectivity index (χ1n) is 5.45. The topological polar surface area (TPSA) is 29.5 Å². The molecule has 1 fully saturated rings. The number of ether oxygens (including phenoxy) is 1. The van der Waals surface area contributed by atoms with Gasteiger partial charge in [-0.05, 0) is 43.6 Å². The second-order valence-corrected chi connectivity index (χ2v) is 8.09. The molecule has 5 heteroatoms. The maximum absolute atomic E-state index is 10.4. The van der Waals surface area contributed by atoms with Gasteiger partial charge in [0.15, 0.2) is 0 Å². The van der Waals surface area contributed by atoms with E-state index in [2.05, 4.69) is 6.26 Å². The van der Waals surface area contributed by atoms with Crippen LogP contribution in [0.5, 0.6) is 0 Å². The van der Waals surface area contributed by atoms with Gasteiger partial charge in [0.1, 0.15) is 9.52 Å². The van der Waals surface area contributed by atoms with Crippen molar-refractivity contribution in [1.82, 2.24) is 0 Å². The van der Waals surface area contributed by atoms with Crippen molar-refractivity contribution in [3.8, 4) is 0 Å². The Balaban J connectivity index is 2.70. The Hall–Kier alpha value is 0.550. The van der Waals surface area contributed by atoms with Crippen LogP contribution < -0.4 is 0 Å². The molecule has 0 bridgehead atoms. The van der Waals surface area contributed by atoms with E-state index in [0.29, 0.717) is 6.61 Å². The molecule has 1 heterocycles. The van der Waals surface area contributed by atoms with Gasteiger partial charge >= 0.3 is 0 Å². The highest BCUT2D eigenvalue weighted by Gasteiger charge is 2.41. The van der Waals surface area contributed by atoms with Crippen molar-refractivity contribution in [2.24, 2.45) is 0 Å². The minimum atomic E-state index is -0.440. The van der Waals surface area contributed by atoms with E-state index < -0.39 is 6.10 Å². The molecule has 0 saturated carbocycles. The van der Waals surface area contributed by atoms with Gasteiger partial charge < -0.3 is 9.84 Å². The summed E-state index contributed by atoms with van der Waals surface area (Å²) in [6.45, 7) is 4.54. The van der Waals surface area contributed by atoms with Crippen LogP contribution >= 0.6 is 35.3 Å². The molecule has 1 aliphatic heterocycles. The summed E-state index contributed by atoms with van der Waals surface area (Å²) in [5, 5.41) is 10.4. The van der Waals surface area contributed by atoms with Gasteiger partial charge in [-0.3, -0.25) is 0 Å². The van der Waals surface area contributed by atoms with Gasteiger partial charge in [-0.1, -0.05) is 0 Å². The van der Waals surface area contributed by atoms with Crippen LogP contribution in [-0.4, -0.2) is 39.0 Å². The molecule has 0 amide bonds. The minimum absolute atomic E-state index is 0.143. The number of aliphatic hydroxyl groups is 1. The van der Waals surface area contributed by atoms with Crippen molar-refractivity contribution in [3.05, 3.63) is 11.8 Å². The average molecular weight is 280 g/mol. The molecule has 1 atom stereocenters. The molecule has 1 saturated heterocycles. The predicted octanol–water partition coefficient (Wildman–Crippen LogP) is 3.17. The summed E-state index contributed by atoms with van der Waals surface area (Å²) >= 11 is 5.46. The first kappa shape index (κ1) is 14.6. The molecule has 0 aliphatic carbocycles. The van der Waals surface area contributed by atoms with Gasteiger partial charge in [0.05, 0.1) is 12.9 Å². The van der Waals surface area contributed by atoms with E-state index in [1.807, 2.05) is 37.4 Å². The van der Waals surface area contributed by atoms with Gasteiger partial charge in [0.25, 0.3) is 0 Å². The van der Waals surface area contributed by atoms with E-state index in [4.69, 9.17) is 4.74 Å². The molecule has 0 aromatic carbocycles. The van der Waals surface area contributed by atoms with Crippen LogP contribution in [0.4, 0.5) is 0 Å². The van der Waals surface area contributed by atoms with Crippen molar-refractivity contribution >= 4 is 35.3 Å². The summed E-state index contributed by atoms with van der Waals surface area (Å²) in [7, 11) is 0. The minimum Gasteiger partial charge on any atom is -0.501 e. The second-order valence-electron chi connectivity index (χ2n) is 3.58. The molecule has 0 aromatic rings. The Labute approximate surface area is 111 Å². The fraction of sp³-hybridized carbons (Fsp3) is 0.818. The van der Waals surface area contributed by atoms with Crippen LogP contribution in [0.25, 0.3) is 0 Å². The quantitative estimate of drug-likeness (QED) is 0.781. The Morgan fingerprint density at radius 3 is 2.69 bits per heavy atom. The van der Waals surface area contributed by atoms with Crippen molar-refractivity contribution in [2.75, 3.05) is 24.4 Å². The monoisotopic (exact) mass is 280 g/mol. The Kier molecular flexibility index (Phi) is 6.47. The lowest BCUT2D eigenvalue weighted by molar-refractivity contribution is 0.205. The smallest absolute Gasteiger partial charge is 0.136 e. The Bertz CT molecular complexity index is 237. The van der Waals surface area contributed by atoms with Crippen LogP contribution in [0.15, 0.2) is 11.8 Å². The van der Waals surface area contributed by atoms with Gasteiger partial charge in [-0.2, -0.15) is 0 Å². The summed E-state index contributed by atoms with van der Waals surface area (Å²) in [5.41, 5.74) is 0.915. The van der Waals surface area contributed by atoms with Gasteiger partial charge in [-0.15, -0.1) is 35.3 Å². The lowest BCUT2D eigenvalue weighted by Gasteiger charge is -2.38. The molecule has 2 nitrogen and oxygen atoms in total. The molecule has 94 valence electrons. The fourth-order valence-electron chi connectivity index (χ4n) is 1.47. The molecule has 0 radical (unpaired) electrons. The number of rotatable bonds is 5. The standard InChI is InChI=1S/C11H20O2S3/c1-4-13-8-9(2)10(12)11(14-3)15-6-5-7-16-11/h8,10,12H,4-7H2,1-3H3. The third-order valence-electron chi connectivity index (χ3n) is 2.38. The van der Waals surface area contributed by atoms with Crippen molar-refractivity contribution in [1.29, 1.82) is 0 Å². The van der Waals surface area contributed by atoms with E-state index >= 15 is 0 Å². The molecule has 1 aliphatic rings. The molecule has 16 heavy (non-hydrogen) atoms. The zero-order valence-electron chi connectivity index (χ0n) is 10.1. The normalized spacial score (nSPS) is 22.9. The SMILES string of the molecule is CCOC=C(C)C(O)C1(SC)SCCCS1. The van der Waals surface area contributed by atoms with E-state index in [1.54, 1.807) is 18.0 Å². The maximum atomic E-state index is 10.4. The lowest BCUT2D eigenvalue weighted by Crippen LogP contribution is -2.36. The molecule has 0 aromatic heterocycles. The van der Waals surface area contributed by atoms with Crippen LogP contribution in [0.1, 0.15) is 20.3 Å². The van der Waals surface area contributed by atoms with Crippen molar-refractivity contribution < 1.29 is 9.84 Å². The lowest BCUT2D eigenvalue weighted by atomic mass is 10.2. The summed E-state index contributed by atoms with van der Waals surface area (Å²) in [6, 6.07) is 0. The first-order valence-corrected chi connectivity index (χ1v) is 8.65. The molecule has 1 unspecified atom stereocenters. The van der Waals surface area contributed by atoms with Crippen molar-refractivity contribution in [2.45, 2.75) is 29.8 Å². The van der Waals surface area contributed by atoms with E-state index in [-0.39, 0.29) is 3.41 Å². The highest BCUT2D eigenvalue weighted by molar-refractivity contribution is 8.34. The number of hydrogen-bond donors (Lipinski definition) is 1. The Morgan fingerprint density at radius 1 is 1.56 bits per heavy atom. The zero-order chi connectivity index (χ0) is 12.0. The summed E-state index contributed by atoms with van der Waals surface area (Å²) in [5.74, 6) is 2.26. The van der Waals surface area contributed by atoms with Crippen molar-refractivity contribution in [3.63, 3.8) is 0 Å². The number of thioether (sulfide) groups is 3. The highest BCUT2D eigenvalue weighted by Crippen LogP contribution is 2.53. The van der Waals surface area contributed by atoms with E-state index in [0.717, 1.165) is 17.1 Å². The largest absolute Gasteiger partial charge is 0.501 e. The number of aliphatic hydroxyl groups excluding tert-OH is 1. The van der Waals surface area contributed by atoms with Gasteiger partial charge in [0.2, 0.25) is 0 Å². The summed E-state index contributed by atoms with van der Waals surface area (Å²) < 4.78 is 5.10. The third-order valence-corrected chi connectivity index (χ3v) is 7.83. The van der Waals surface area contributed by atoms with E-state index in [1.165, 1.54) is 6.42 Å². The summed E-state index contributed by atoms with van der Waals surface area (Å²) in [6.07, 6.45) is 4.56. The van der Waals surface area contributed by atoms with Gasteiger partial charge in [-0.25, -0.2) is 0 Å². The fourth-order valence-corrected chi connectivity index (χ4v) is 6.18. The zero-order valence-corrected chi connectivity index (χ0v) is 12.5. The summed E-state index contributed by atoms with van der Waals surface area (Å²) in [4.78, 5) is 0. The predicted molar refractivity (Wildman–Crippen MR) is 77.2 cm³/mol. The maximum Gasteiger partial charge on any atom is 0.136 e.